The molecule has 1 aromatic rings. The molecule has 0 atom stereocenters. The Morgan fingerprint density at radius 2 is 1.75 bits per heavy atom. The lowest BCUT2D eigenvalue weighted by Crippen LogP contribution is -2.36. The minimum absolute atomic E-state index is 0.186. The molecule has 2 heteroatoms. The first-order chi connectivity index (χ1) is 9.65. The highest BCUT2D eigenvalue weighted by Crippen LogP contribution is 2.45. The highest BCUT2D eigenvalue weighted by Gasteiger charge is 2.34. The van der Waals surface area contributed by atoms with Crippen LogP contribution in [0.1, 0.15) is 64.9 Å². The minimum Gasteiger partial charge on any atom is -0.507 e. The lowest BCUT2D eigenvalue weighted by Gasteiger charge is -2.37. The Kier molecular flexibility index (Phi) is 4.74. The van der Waals surface area contributed by atoms with Gasteiger partial charge in [0.25, 0.3) is 0 Å². The van der Waals surface area contributed by atoms with E-state index in [2.05, 4.69) is 26.8 Å². The molecule has 2 rings (SSSR count). The number of hydrogen-bond acceptors (Lipinski definition) is 2. The zero-order chi connectivity index (χ0) is 14.6. The van der Waals surface area contributed by atoms with E-state index in [-0.39, 0.29) is 5.60 Å². The van der Waals surface area contributed by atoms with Crippen molar-refractivity contribution >= 4 is 5.57 Å². The van der Waals surface area contributed by atoms with Crippen LogP contribution in [0.25, 0.3) is 5.57 Å². The maximum atomic E-state index is 10.2. The summed E-state index contributed by atoms with van der Waals surface area (Å²) in [5, 5.41) is 10.2. The molecule has 0 saturated heterocycles. The second-order valence-corrected chi connectivity index (χ2v) is 5.74. The number of phenols is 1. The fourth-order valence-corrected chi connectivity index (χ4v) is 3.25. The molecule has 0 amide bonds. The molecule has 1 N–H and O–H groups in total. The Balaban J connectivity index is 2.49. The van der Waals surface area contributed by atoms with E-state index in [1.807, 2.05) is 12.1 Å². The summed E-state index contributed by atoms with van der Waals surface area (Å²) in [5.41, 5.74) is 1.96. The first kappa shape index (κ1) is 15.0. The molecule has 0 spiro atoms. The van der Waals surface area contributed by atoms with Crippen LogP contribution in [0.4, 0.5) is 0 Å². The van der Waals surface area contributed by atoms with Gasteiger partial charge in [-0.2, -0.15) is 0 Å². The first-order valence-corrected chi connectivity index (χ1v) is 7.89. The van der Waals surface area contributed by atoms with Crippen molar-refractivity contribution in [2.24, 2.45) is 0 Å². The van der Waals surface area contributed by atoms with Gasteiger partial charge in [0.05, 0.1) is 5.56 Å². The SMILES string of the molecule is CCCC1=CC(CCC)(CCC)Oc2cccc(O)c21. The van der Waals surface area contributed by atoms with Gasteiger partial charge in [-0.3, -0.25) is 0 Å². The zero-order valence-corrected chi connectivity index (χ0v) is 12.9. The van der Waals surface area contributed by atoms with Gasteiger partial charge >= 0.3 is 0 Å². The Hall–Kier alpha value is -1.44. The van der Waals surface area contributed by atoms with Crippen LogP contribution in [-0.2, 0) is 0 Å². The molecule has 1 aromatic carbocycles. The van der Waals surface area contributed by atoms with Crippen molar-refractivity contribution in [2.75, 3.05) is 0 Å². The van der Waals surface area contributed by atoms with E-state index in [0.29, 0.717) is 5.75 Å². The fourth-order valence-electron chi connectivity index (χ4n) is 3.25. The molecule has 0 unspecified atom stereocenters. The van der Waals surface area contributed by atoms with Crippen LogP contribution in [0.15, 0.2) is 24.3 Å². The number of benzene rings is 1. The maximum absolute atomic E-state index is 10.2. The first-order valence-electron chi connectivity index (χ1n) is 7.89. The van der Waals surface area contributed by atoms with Gasteiger partial charge in [0.15, 0.2) is 0 Å². The average Bonchev–Trinajstić information content (AvgIpc) is 2.39. The number of phenolic OH excluding ortho intramolecular Hbond substituents is 1. The summed E-state index contributed by atoms with van der Waals surface area (Å²) in [7, 11) is 0. The van der Waals surface area contributed by atoms with Crippen molar-refractivity contribution in [2.45, 2.75) is 64.9 Å². The van der Waals surface area contributed by atoms with Crippen molar-refractivity contribution in [1.82, 2.24) is 0 Å². The molecule has 110 valence electrons. The van der Waals surface area contributed by atoms with E-state index in [1.54, 1.807) is 6.07 Å². The average molecular weight is 274 g/mol. The zero-order valence-electron chi connectivity index (χ0n) is 12.9. The predicted molar refractivity (Wildman–Crippen MR) is 84.2 cm³/mol. The lowest BCUT2D eigenvalue weighted by molar-refractivity contribution is 0.0941. The van der Waals surface area contributed by atoms with Gasteiger partial charge in [-0.05, 0) is 43.0 Å². The van der Waals surface area contributed by atoms with E-state index < -0.39 is 0 Å². The van der Waals surface area contributed by atoms with Gasteiger partial charge in [-0.25, -0.2) is 0 Å². The van der Waals surface area contributed by atoms with Crippen LogP contribution in [0.3, 0.4) is 0 Å². The van der Waals surface area contributed by atoms with E-state index >= 15 is 0 Å². The highest BCUT2D eigenvalue weighted by atomic mass is 16.5. The quantitative estimate of drug-likeness (QED) is 0.762. The summed E-state index contributed by atoms with van der Waals surface area (Å²) in [6.45, 7) is 6.58. The normalized spacial score (nSPS) is 16.2. The van der Waals surface area contributed by atoms with Gasteiger partial charge in [-0.15, -0.1) is 0 Å². The number of fused-ring (bicyclic) bond motifs is 1. The van der Waals surface area contributed by atoms with Crippen LogP contribution >= 0.6 is 0 Å². The molecule has 0 aromatic heterocycles. The summed E-state index contributed by atoms with van der Waals surface area (Å²) < 4.78 is 6.32. The molecule has 0 radical (unpaired) electrons. The van der Waals surface area contributed by atoms with Gasteiger partial charge in [0, 0.05) is 0 Å². The molecule has 1 aliphatic heterocycles. The van der Waals surface area contributed by atoms with Gasteiger partial charge in [0.1, 0.15) is 17.1 Å². The van der Waals surface area contributed by atoms with Crippen LogP contribution in [0.5, 0.6) is 11.5 Å². The van der Waals surface area contributed by atoms with Gasteiger partial charge in [0.2, 0.25) is 0 Å². The number of allylic oxidation sites excluding steroid dienone is 1. The Bertz CT molecular complexity index is 482. The fraction of sp³-hybridized carbons (Fsp3) is 0.556. The monoisotopic (exact) mass is 274 g/mol. The second kappa shape index (κ2) is 6.34. The standard InChI is InChI=1S/C18H26O2/c1-4-8-14-13-18(11-5-2,12-6-3)20-16-10-7-9-15(19)17(14)16/h7,9-10,13,19H,4-6,8,11-12H2,1-3H3. The third-order valence-electron chi connectivity index (χ3n) is 3.94. The summed E-state index contributed by atoms with van der Waals surface area (Å²) >= 11 is 0. The van der Waals surface area contributed by atoms with Crippen LogP contribution in [0, 0.1) is 0 Å². The van der Waals surface area contributed by atoms with Crippen molar-refractivity contribution in [3.8, 4) is 11.5 Å². The van der Waals surface area contributed by atoms with Crippen molar-refractivity contribution in [3.05, 3.63) is 29.8 Å². The molecule has 1 aliphatic rings. The number of ether oxygens (including phenoxy) is 1. The van der Waals surface area contributed by atoms with Crippen LogP contribution in [0.2, 0.25) is 0 Å². The second-order valence-electron chi connectivity index (χ2n) is 5.74. The third kappa shape index (κ3) is 2.84. The number of rotatable bonds is 6. The molecule has 0 saturated carbocycles. The predicted octanol–water partition coefficient (Wildman–Crippen LogP) is 5.31. The molecule has 1 heterocycles. The van der Waals surface area contributed by atoms with Crippen LogP contribution in [-0.4, -0.2) is 10.7 Å². The summed E-state index contributed by atoms with van der Waals surface area (Å²) in [4.78, 5) is 0. The van der Waals surface area contributed by atoms with Gasteiger partial charge in [-0.1, -0.05) is 46.1 Å². The van der Waals surface area contributed by atoms with E-state index in [1.165, 1.54) is 5.57 Å². The summed E-state index contributed by atoms with van der Waals surface area (Å²) in [6, 6.07) is 5.60. The smallest absolute Gasteiger partial charge is 0.131 e. The van der Waals surface area contributed by atoms with E-state index in [0.717, 1.165) is 49.8 Å². The van der Waals surface area contributed by atoms with Crippen molar-refractivity contribution in [1.29, 1.82) is 0 Å². The Morgan fingerprint density at radius 3 is 2.35 bits per heavy atom. The maximum Gasteiger partial charge on any atom is 0.131 e. The third-order valence-corrected chi connectivity index (χ3v) is 3.94. The summed E-state index contributed by atoms with van der Waals surface area (Å²) in [6.07, 6.45) is 8.61. The number of aromatic hydroxyl groups is 1. The lowest BCUT2D eigenvalue weighted by atomic mass is 9.84. The van der Waals surface area contributed by atoms with E-state index in [4.69, 9.17) is 4.74 Å². The summed E-state index contributed by atoms with van der Waals surface area (Å²) in [5.74, 6) is 1.18. The molecule has 20 heavy (non-hydrogen) atoms. The number of hydrogen-bond donors (Lipinski definition) is 1. The molecule has 0 fully saturated rings. The molecule has 0 bridgehead atoms. The van der Waals surface area contributed by atoms with Crippen molar-refractivity contribution < 1.29 is 9.84 Å². The molecule has 0 aliphatic carbocycles. The topological polar surface area (TPSA) is 29.5 Å². The minimum atomic E-state index is -0.186. The Labute approximate surface area is 122 Å². The highest BCUT2D eigenvalue weighted by molar-refractivity contribution is 5.77. The van der Waals surface area contributed by atoms with Crippen LogP contribution < -0.4 is 4.74 Å². The van der Waals surface area contributed by atoms with Crippen molar-refractivity contribution in [3.63, 3.8) is 0 Å². The Morgan fingerprint density at radius 1 is 1.05 bits per heavy atom. The molecular weight excluding hydrogens is 248 g/mol. The molecule has 2 nitrogen and oxygen atoms in total. The largest absolute Gasteiger partial charge is 0.507 e. The molecular formula is C18H26O2. The van der Waals surface area contributed by atoms with Gasteiger partial charge < -0.3 is 9.84 Å². The van der Waals surface area contributed by atoms with E-state index in [9.17, 15) is 5.11 Å².